The van der Waals surface area contributed by atoms with Crippen LogP contribution in [0.5, 0.6) is 0 Å². The summed E-state index contributed by atoms with van der Waals surface area (Å²) in [5, 5.41) is 8.80. The number of β-amino-alcohol motifs (C(OH)–C–C–N with tert-alkyl or cyclic N) is 1. The van der Waals surface area contributed by atoms with E-state index in [2.05, 4.69) is 21.3 Å². The molecule has 0 radical (unpaired) electrons. The molecular weight excluding hydrogens is 491 g/mol. The molecule has 0 spiro atoms. The number of aryl methyl sites for hydroxylation is 1. The van der Waals surface area contributed by atoms with Gasteiger partial charge in [0, 0.05) is 31.6 Å². The lowest BCUT2D eigenvalue weighted by Gasteiger charge is -2.39. The number of amidine groups is 2. The fourth-order valence-electron chi connectivity index (χ4n) is 4.80. The lowest BCUT2D eigenvalue weighted by Crippen LogP contribution is -2.55. The highest BCUT2D eigenvalue weighted by molar-refractivity contribution is 7.91. The minimum Gasteiger partial charge on any atom is -0.389 e. The first-order chi connectivity index (χ1) is 16.9. The van der Waals surface area contributed by atoms with Crippen molar-refractivity contribution in [2.75, 3.05) is 13.1 Å². The van der Waals surface area contributed by atoms with Crippen molar-refractivity contribution >= 4 is 21.6 Å². The maximum Gasteiger partial charge on any atom is 0.397 e. The van der Waals surface area contributed by atoms with Gasteiger partial charge in [0.1, 0.15) is 21.6 Å². The largest absolute Gasteiger partial charge is 0.397 e. The molecule has 3 heterocycles. The molecule has 5 atom stereocenters. The van der Waals surface area contributed by atoms with E-state index in [1.165, 1.54) is 6.20 Å². The van der Waals surface area contributed by atoms with Crippen molar-refractivity contribution < 1.29 is 22.5 Å². The molecule has 0 amide bonds. The molecule has 4 aliphatic rings. The fraction of sp³-hybridized carbons (Fsp3) is 0.440. The van der Waals surface area contributed by atoms with E-state index in [1.807, 2.05) is 11.0 Å². The number of hydrogen-bond donors (Lipinski definition) is 3. The van der Waals surface area contributed by atoms with E-state index in [-0.39, 0.29) is 18.2 Å². The van der Waals surface area contributed by atoms with Gasteiger partial charge in [0.2, 0.25) is 0 Å². The monoisotopic (exact) mass is 519 g/mol. The van der Waals surface area contributed by atoms with E-state index in [0.717, 1.165) is 29.7 Å². The van der Waals surface area contributed by atoms with E-state index in [0.29, 0.717) is 30.1 Å². The van der Waals surface area contributed by atoms with Crippen LogP contribution in [0.3, 0.4) is 0 Å². The van der Waals surface area contributed by atoms with Crippen molar-refractivity contribution in [3.63, 3.8) is 0 Å². The minimum atomic E-state index is -4.52. The predicted molar refractivity (Wildman–Crippen MR) is 133 cm³/mol. The van der Waals surface area contributed by atoms with Crippen LogP contribution >= 0.6 is 0 Å². The average molecular weight is 520 g/mol. The summed E-state index contributed by atoms with van der Waals surface area (Å²) in [6, 6.07) is 4.22. The summed E-state index contributed by atoms with van der Waals surface area (Å²) in [5.41, 5.74) is 3.11. The van der Waals surface area contributed by atoms with Crippen molar-refractivity contribution in [2.24, 2.45) is 15.9 Å². The number of alkyl halides is 3. The number of hydrogen-bond acceptors (Lipinski definition) is 6. The Morgan fingerprint density at radius 2 is 1.97 bits per heavy atom. The Labute approximate surface area is 208 Å². The van der Waals surface area contributed by atoms with Crippen LogP contribution in [-0.4, -0.2) is 56.5 Å². The summed E-state index contributed by atoms with van der Waals surface area (Å²) in [7, 11) is -3.52. The highest BCUT2D eigenvalue weighted by Crippen LogP contribution is 2.48. The Hall–Kier alpha value is -2.92. The van der Waals surface area contributed by atoms with Gasteiger partial charge in [-0.25, -0.2) is 14.0 Å². The van der Waals surface area contributed by atoms with Crippen LogP contribution in [-0.2, 0) is 9.92 Å². The Balaban J connectivity index is 1.40. The number of benzene rings is 1. The highest BCUT2D eigenvalue weighted by Gasteiger charge is 2.46. The zero-order valence-corrected chi connectivity index (χ0v) is 20.5. The van der Waals surface area contributed by atoms with Gasteiger partial charge in [0.15, 0.2) is 0 Å². The average Bonchev–Trinajstić information content (AvgIpc) is 3.53. The van der Waals surface area contributed by atoms with Gasteiger partial charge in [-0.15, -0.1) is 0 Å². The Kier molecular flexibility index (Phi) is 6.11. The molecule has 11 heteroatoms. The van der Waals surface area contributed by atoms with Gasteiger partial charge in [-0.3, -0.25) is 9.71 Å². The molecule has 1 saturated carbocycles. The minimum absolute atomic E-state index is 0.0158. The van der Waals surface area contributed by atoms with E-state index in [9.17, 15) is 22.5 Å². The van der Waals surface area contributed by atoms with Crippen LogP contribution in [0.25, 0.3) is 0 Å². The van der Waals surface area contributed by atoms with Gasteiger partial charge in [-0.1, -0.05) is 36.4 Å². The van der Waals surface area contributed by atoms with E-state index < -0.39 is 39.4 Å². The molecule has 7 nitrogen and oxygen atoms in total. The number of aliphatic hydroxyl groups excluding tert-OH is 1. The number of aliphatic imine (C=N–C) groups is 2. The number of rotatable bonds is 4. The van der Waals surface area contributed by atoms with Crippen LogP contribution in [0.15, 0.2) is 64.8 Å². The van der Waals surface area contributed by atoms with E-state index in [4.69, 9.17) is 4.78 Å². The van der Waals surface area contributed by atoms with Gasteiger partial charge in [-0.2, -0.15) is 13.2 Å². The first kappa shape index (κ1) is 24.8. The van der Waals surface area contributed by atoms with E-state index in [1.54, 1.807) is 25.1 Å². The highest BCUT2D eigenvalue weighted by atomic mass is 32.2. The smallest absolute Gasteiger partial charge is 0.389 e. The van der Waals surface area contributed by atoms with Crippen LogP contribution in [0.2, 0.25) is 0 Å². The molecule has 36 heavy (non-hydrogen) atoms. The number of halogens is 3. The molecule has 1 saturated heterocycles. The number of likely N-dealkylation sites (tertiary alicyclic amines) is 1. The third-order valence-electron chi connectivity index (χ3n) is 7.10. The molecule has 3 N–H and O–H groups in total. The number of allylic oxidation sites excluding steroid dienone is 1. The number of nitrogens with one attached hydrogen (secondary N) is 2. The fourth-order valence-corrected chi connectivity index (χ4v) is 6.06. The summed E-state index contributed by atoms with van der Waals surface area (Å²) >= 11 is 0. The molecule has 3 aliphatic heterocycles. The molecule has 5 unspecified atom stereocenters. The van der Waals surface area contributed by atoms with Crippen LogP contribution in [0.1, 0.15) is 41.5 Å². The lowest BCUT2D eigenvalue weighted by atomic mass is 9.87. The molecule has 1 aromatic carbocycles. The van der Waals surface area contributed by atoms with Crippen molar-refractivity contribution in [3.05, 3.63) is 71.5 Å². The summed E-state index contributed by atoms with van der Waals surface area (Å²) in [5.74, 6) is -1.08. The van der Waals surface area contributed by atoms with Crippen molar-refractivity contribution in [1.82, 2.24) is 9.62 Å². The molecule has 2 fully saturated rings. The van der Waals surface area contributed by atoms with Gasteiger partial charge < -0.3 is 10.0 Å². The second-order valence-corrected chi connectivity index (χ2v) is 11.8. The molecule has 5 rings (SSSR count). The standard InChI is InChI=1S/C25H28F3N5O2S/c1-14-3-4-16(19-9-15(19)2)10-20(14)24-21(25(26,27)28)5-6-22(31-24)32-36(29,35)18-7-8-30-23(11-18)33-12-17(34)13-33/h3-8,10,17-19,21,24,34H,2,9,11-13H2,1H3,(H2,29,31,32,35). The van der Waals surface area contributed by atoms with Crippen LogP contribution < -0.4 is 4.72 Å². The first-order valence-corrected chi connectivity index (χ1v) is 13.4. The van der Waals surface area contributed by atoms with E-state index >= 15 is 0 Å². The Bertz CT molecular complexity index is 1310. The maximum absolute atomic E-state index is 14.0. The van der Waals surface area contributed by atoms with Crippen LogP contribution in [0, 0.1) is 17.6 Å². The van der Waals surface area contributed by atoms with Gasteiger partial charge in [0.05, 0.1) is 23.3 Å². The molecule has 1 aliphatic carbocycles. The summed E-state index contributed by atoms with van der Waals surface area (Å²) in [6.45, 7) is 6.56. The first-order valence-electron chi connectivity index (χ1n) is 11.7. The zero-order valence-electron chi connectivity index (χ0n) is 19.7. The maximum atomic E-state index is 14.0. The summed E-state index contributed by atoms with van der Waals surface area (Å²) in [4.78, 5) is 10.5. The molecule has 1 aromatic rings. The second kappa shape index (κ2) is 8.88. The molecular formula is C25H28F3N5O2S. The van der Waals surface area contributed by atoms with Crippen molar-refractivity contribution in [1.29, 1.82) is 4.78 Å². The van der Waals surface area contributed by atoms with Gasteiger partial charge in [0.25, 0.3) is 0 Å². The molecule has 192 valence electrons. The number of nitrogens with zero attached hydrogens (tertiary/aromatic N) is 3. The van der Waals surface area contributed by atoms with Crippen molar-refractivity contribution in [2.45, 2.75) is 49.3 Å². The summed E-state index contributed by atoms with van der Waals surface area (Å²) in [6.07, 6.45) is 1.31. The second-order valence-electron chi connectivity index (χ2n) is 9.81. The quantitative estimate of drug-likeness (QED) is 0.521. The molecule has 0 bridgehead atoms. The van der Waals surface area contributed by atoms with Crippen molar-refractivity contribution in [3.8, 4) is 0 Å². The third-order valence-corrected chi connectivity index (χ3v) is 8.79. The third kappa shape index (κ3) is 4.86. The number of aliphatic hydroxyl groups is 1. The SMILES string of the molecule is C=C1CC1c1ccc(C)c(C2N=C(NS(=N)(=O)C3C=CN=C(N4CC(O)C4)C3)C=CC2C(F)(F)F)c1. The van der Waals surface area contributed by atoms with Gasteiger partial charge >= 0.3 is 6.18 Å². The number of dihydropyridines is 1. The zero-order chi connectivity index (χ0) is 25.8. The van der Waals surface area contributed by atoms with Crippen LogP contribution in [0.4, 0.5) is 13.2 Å². The molecule has 0 aromatic heterocycles. The Morgan fingerprint density at radius 1 is 1.25 bits per heavy atom. The lowest BCUT2D eigenvalue weighted by molar-refractivity contribution is -0.166. The Morgan fingerprint density at radius 3 is 2.61 bits per heavy atom. The topological polar surface area (TPSA) is 101 Å². The predicted octanol–water partition coefficient (Wildman–Crippen LogP) is 4.14. The normalized spacial score (nSPS) is 29.8. The van der Waals surface area contributed by atoms with Gasteiger partial charge in [-0.05, 0) is 42.2 Å². The summed E-state index contributed by atoms with van der Waals surface area (Å²) < 4.78 is 66.5.